The molecule has 4 aromatic rings. The molecule has 0 unspecified atom stereocenters. The molecule has 3 N–H and O–H groups in total. The molecule has 0 fully saturated rings. The second kappa shape index (κ2) is 14.3. The van der Waals surface area contributed by atoms with Gasteiger partial charge < -0.3 is 25.3 Å². The first-order chi connectivity index (χ1) is 21.7. The Hall–Kier alpha value is -4.85. The number of hydrogen-bond donors (Lipinski definition) is 3. The van der Waals surface area contributed by atoms with Gasteiger partial charge in [0.1, 0.15) is 23.0 Å². The SMILES string of the molecule is Cc1ccnn1CCC(=O)N1CCNC(=O)c2coc(n2)[C@H](Cc2ccccc2)NC(=O)c2csc(n2)[C@H](C(C)C)NC(=O)C1. The largest absolute Gasteiger partial charge is 0.446 e. The van der Waals surface area contributed by atoms with Crippen LogP contribution in [0.15, 0.2) is 58.7 Å². The van der Waals surface area contributed by atoms with E-state index in [1.165, 1.54) is 22.5 Å². The first kappa shape index (κ1) is 31.6. The van der Waals surface area contributed by atoms with Gasteiger partial charge >= 0.3 is 0 Å². The molecule has 5 rings (SSSR count). The molecular weight excluding hydrogens is 596 g/mol. The number of oxazole rings is 1. The molecule has 3 aromatic heterocycles. The van der Waals surface area contributed by atoms with Crippen molar-refractivity contribution in [3.63, 3.8) is 0 Å². The summed E-state index contributed by atoms with van der Waals surface area (Å²) < 4.78 is 7.41. The van der Waals surface area contributed by atoms with Crippen LogP contribution in [0.25, 0.3) is 0 Å². The molecule has 0 saturated heterocycles. The van der Waals surface area contributed by atoms with Gasteiger partial charge in [-0.3, -0.25) is 23.9 Å². The molecule has 4 heterocycles. The van der Waals surface area contributed by atoms with Crippen LogP contribution in [0.1, 0.15) is 75.5 Å². The van der Waals surface area contributed by atoms with Crippen molar-refractivity contribution in [2.45, 2.75) is 52.2 Å². The van der Waals surface area contributed by atoms with E-state index in [-0.39, 0.29) is 61.1 Å². The van der Waals surface area contributed by atoms with Gasteiger partial charge in [-0.15, -0.1) is 11.3 Å². The van der Waals surface area contributed by atoms with Crippen molar-refractivity contribution >= 4 is 35.0 Å². The minimum Gasteiger partial charge on any atom is -0.446 e. The number of aryl methyl sites for hydroxylation is 2. The van der Waals surface area contributed by atoms with Crippen molar-refractivity contribution in [2.75, 3.05) is 19.6 Å². The maximum atomic E-state index is 13.4. The minimum atomic E-state index is -0.683. The lowest BCUT2D eigenvalue weighted by atomic mass is 10.0. The highest BCUT2D eigenvalue weighted by Gasteiger charge is 2.28. The zero-order valence-electron chi connectivity index (χ0n) is 25.4. The summed E-state index contributed by atoms with van der Waals surface area (Å²) >= 11 is 1.27. The van der Waals surface area contributed by atoms with Gasteiger partial charge in [0, 0.05) is 49.7 Å². The molecule has 0 aliphatic carbocycles. The standard InChI is InChI=1S/C31H36N8O5S/c1-19(2)27-31-36-24(18-45-31)29(43)34-22(15-21-7-5-4-6-8-21)30-35-23(17-44-30)28(42)32-12-14-38(16-25(40)37-27)26(41)10-13-39-20(3)9-11-33-39/h4-9,11,17-19,22,27H,10,12-16H2,1-3H3,(H,32,42)(H,34,43)(H,37,40)/t22-,27-/m0/s1. The van der Waals surface area contributed by atoms with Gasteiger partial charge in [-0.1, -0.05) is 44.2 Å². The summed E-state index contributed by atoms with van der Waals surface area (Å²) in [6.07, 6.45) is 3.39. The molecule has 0 saturated carbocycles. The molecule has 1 aliphatic heterocycles. The molecule has 1 aromatic carbocycles. The zero-order valence-corrected chi connectivity index (χ0v) is 26.2. The van der Waals surface area contributed by atoms with Gasteiger partial charge in [-0.25, -0.2) is 9.97 Å². The normalized spacial score (nSPS) is 18.1. The van der Waals surface area contributed by atoms with Crippen molar-refractivity contribution in [1.82, 2.24) is 40.6 Å². The number of aromatic nitrogens is 4. The molecule has 4 amide bonds. The number of thiazole rings is 1. The number of fused-ring (bicyclic) bond motifs is 4. The van der Waals surface area contributed by atoms with E-state index in [2.05, 4.69) is 31.0 Å². The first-order valence-electron chi connectivity index (χ1n) is 14.8. The average Bonchev–Trinajstić information content (AvgIpc) is 3.79. The fourth-order valence-corrected chi connectivity index (χ4v) is 5.98. The Bertz CT molecular complexity index is 1650. The second-order valence-corrected chi connectivity index (χ2v) is 12.1. The molecular formula is C31H36N8O5S. The smallest absolute Gasteiger partial charge is 0.273 e. The number of hydrogen-bond acceptors (Lipinski definition) is 9. The second-order valence-electron chi connectivity index (χ2n) is 11.2. The van der Waals surface area contributed by atoms with E-state index in [4.69, 9.17) is 4.42 Å². The Balaban J connectivity index is 1.41. The fraction of sp³-hybridized carbons (Fsp3) is 0.387. The third-order valence-electron chi connectivity index (χ3n) is 7.47. The summed E-state index contributed by atoms with van der Waals surface area (Å²) in [5, 5.41) is 15.1. The summed E-state index contributed by atoms with van der Waals surface area (Å²) in [5.74, 6) is -1.47. The van der Waals surface area contributed by atoms with Gasteiger partial charge in [0.2, 0.25) is 17.7 Å². The molecule has 0 radical (unpaired) electrons. The lowest BCUT2D eigenvalue weighted by molar-refractivity contribution is -0.136. The Morgan fingerprint density at radius 3 is 2.60 bits per heavy atom. The van der Waals surface area contributed by atoms with Crippen LogP contribution in [0.3, 0.4) is 0 Å². The summed E-state index contributed by atoms with van der Waals surface area (Å²) in [4.78, 5) is 63.4. The number of nitrogens with zero attached hydrogens (tertiary/aromatic N) is 5. The van der Waals surface area contributed by atoms with E-state index in [9.17, 15) is 19.2 Å². The maximum absolute atomic E-state index is 13.4. The van der Waals surface area contributed by atoms with Gasteiger partial charge in [-0.2, -0.15) is 5.10 Å². The average molecular weight is 633 g/mol. The number of benzene rings is 1. The van der Waals surface area contributed by atoms with E-state index in [1.54, 1.807) is 16.3 Å². The number of rotatable bonds is 6. The third kappa shape index (κ3) is 8.01. The third-order valence-corrected chi connectivity index (χ3v) is 8.39. The van der Waals surface area contributed by atoms with E-state index in [1.807, 2.05) is 57.2 Å². The van der Waals surface area contributed by atoms with E-state index >= 15 is 0 Å². The van der Waals surface area contributed by atoms with Gasteiger partial charge in [-0.05, 0) is 24.5 Å². The highest BCUT2D eigenvalue weighted by atomic mass is 32.1. The van der Waals surface area contributed by atoms with Crippen LogP contribution in [0.4, 0.5) is 0 Å². The molecule has 4 bridgehead atoms. The predicted octanol–water partition coefficient (Wildman–Crippen LogP) is 2.83. The zero-order chi connectivity index (χ0) is 31.9. The summed E-state index contributed by atoms with van der Waals surface area (Å²) in [5.41, 5.74) is 2.06. The Labute approximate surface area is 264 Å². The van der Waals surface area contributed by atoms with Crippen LogP contribution < -0.4 is 16.0 Å². The highest BCUT2D eigenvalue weighted by Crippen LogP contribution is 2.26. The Morgan fingerprint density at radius 1 is 1.07 bits per heavy atom. The topological polar surface area (TPSA) is 164 Å². The number of carbonyl (C=O) groups is 4. The van der Waals surface area contributed by atoms with Crippen LogP contribution in [0, 0.1) is 12.8 Å². The molecule has 13 nitrogen and oxygen atoms in total. The summed E-state index contributed by atoms with van der Waals surface area (Å²) in [7, 11) is 0. The fourth-order valence-electron chi connectivity index (χ4n) is 4.95. The van der Waals surface area contributed by atoms with Crippen molar-refractivity contribution in [3.8, 4) is 0 Å². The summed E-state index contributed by atoms with van der Waals surface area (Å²) in [6.45, 7) is 6.10. The van der Waals surface area contributed by atoms with Crippen LogP contribution in [0.5, 0.6) is 0 Å². The van der Waals surface area contributed by atoms with Crippen molar-refractivity contribution in [1.29, 1.82) is 0 Å². The molecule has 45 heavy (non-hydrogen) atoms. The number of nitrogens with one attached hydrogen (secondary N) is 3. The van der Waals surface area contributed by atoms with Gasteiger partial charge in [0.05, 0.1) is 12.6 Å². The molecule has 1 aliphatic rings. The van der Waals surface area contributed by atoms with Gasteiger partial charge in [0.15, 0.2) is 5.69 Å². The number of carbonyl (C=O) groups excluding carboxylic acids is 4. The van der Waals surface area contributed by atoms with Gasteiger partial charge in [0.25, 0.3) is 11.8 Å². The van der Waals surface area contributed by atoms with Crippen LogP contribution >= 0.6 is 11.3 Å². The monoisotopic (exact) mass is 632 g/mol. The van der Waals surface area contributed by atoms with Crippen LogP contribution in [-0.2, 0) is 22.6 Å². The van der Waals surface area contributed by atoms with Crippen molar-refractivity contribution < 1.29 is 23.6 Å². The first-order valence-corrected chi connectivity index (χ1v) is 15.6. The predicted molar refractivity (Wildman–Crippen MR) is 165 cm³/mol. The quantitative estimate of drug-likeness (QED) is 0.292. The van der Waals surface area contributed by atoms with Crippen LogP contribution in [0.2, 0.25) is 0 Å². The lowest BCUT2D eigenvalue weighted by Crippen LogP contribution is -2.45. The molecule has 0 spiro atoms. The van der Waals surface area contributed by atoms with Crippen molar-refractivity contribution in [3.05, 3.63) is 87.8 Å². The highest BCUT2D eigenvalue weighted by molar-refractivity contribution is 7.09. The van der Waals surface area contributed by atoms with Crippen LogP contribution in [-0.4, -0.2) is 67.9 Å². The number of amides is 4. The molecule has 14 heteroatoms. The lowest BCUT2D eigenvalue weighted by Gasteiger charge is -2.25. The maximum Gasteiger partial charge on any atom is 0.273 e. The Kier molecular flexibility index (Phi) is 10.0. The van der Waals surface area contributed by atoms with E-state index < -0.39 is 23.9 Å². The van der Waals surface area contributed by atoms with E-state index in [0.717, 1.165) is 11.3 Å². The minimum absolute atomic E-state index is 0.0268. The van der Waals surface area contributed by atoms with E-state index in [0.29, 0.717) is 18.0 Å². The Morgan fingerprint density at radius 2 is 1.87 bits per heavy atom. The molecule has 2 atom stereocenters. The summed E-state index contributed by atoms with van der Waals surface area (Å²) in [6, 6.07) is 10.2. The molecule has 236 valence electrons. The van der Waals surface area contributed by atoms with Crippen molar-refractivity contribution in [2.24, 2.45) is 5.92 Å².